The molecule has 0 unspecified atom stereocenters. The smallest absolute Gasteiger partial charge is 0.269 e. The number of benzene rings is 7. The van der Waals surface area contributed by atoms with Crippen molar-refractivity contribution < 1.29 is 9.30 Å². The molecule has 5 nitrogen and oxygen atoms in total. The van der Waals surface area contributed by atoms with Gasteiger partial charge in [0, 0.05) is 33.9 Å². The van der Waals surface area contributed by atoms with Crippen LogP contribution in [0.25, 0.3) is 61.2 Å². The third-order valence-corrected chi connectivity index (χ3v) is 13.4. The Morgan fingerprint density at radius 2 is 1.22 bits per heavy atom. The Labute approximate surface area is 369 Å². The summed E-state index contributed by atoms with van der Waals surface area (Å²) >= 11 is 0. The van der Waals surface area contributed by atoms with Crippen molar-refractivity contribution in [3.8, 4) is 39.8 Å². The van der Waals surface area contributed by atoms with Crippen molar-refractivity contribution in [3.05, 3.63) is 210 Å². The average molecular weight is 819 g/mol. The van der Waals surface area contributed by atoms with E-state index in [4.69, 9.17) is 9.72 Å². The molecule has 0 bridgehead atoms. The Kier molecular flexibility index (Phi) is 8.68. The molecule has 0 atom stereocenters. The van der Waals surface area contributed by atoms with Gasteiger partial charge in [0.1, 0.15) is 17.3 Å². The molecule has 0 fully saturated rings. The fourth-order valence-corrected chi connectivity index (χ4v) is 9.96. The molecule has 0 amide bonds. The van der Waals surface area contributed by atoms with Crippen LogP contribution in [0.1, 0.15) is 76.3 Å². The highest BCUT2D eigenvalue weighted by atomic mass is 16.5. The van der Waals surface area contributed by atoms with Crippen LogP contribution in [-0.4, -0.2) is 14.1 Å². The van der Waals surface area contributed by atoms with Gasteiger partial charge >= 0.3 is 0 Å². The minimum absolute atomic E-state index is 0.0311. The Balaban J connectivity index is 1.04. The number of imidazole rings is 1. The molecule has 1 aliphatic rings. The van der Waals surface area contributed by atoms with Crippen LogP contribution in [0.5, 0.6) is 11.5 Å². The predicted octanol–water partition coefficient (Wildman–Crippen LogP) is 13.9. The van der Waals surface area contributed by atoms with Crippen LogP contribution in [-0.2, 0) is 16.2 Å². The average Bonchev–Trinajstić information content (AvgIpc) is 3.84. The van der Waals surface area contributed by atoms with Crippen LogP contribution in [0.15, 0.2) is 176 Å². The normalized spacial score (nSPS) is 14.2. The molecule has 3 aromatic heterocycles. The van der Waals surface area contributed by atoms with Crippen molar-refractivity contribution in [2.45, 2.75) is 64.7 Å². The maximum atomic E-state index is 6.83. The number of fused-ring (bicyclic) bond motifs is 6. The van der Waals surface area contributed by atoms with E-state index in [2.05, 4.69) is 232 Å². The van der Waals surface area contributed by atoms with Gasteiger partial charge < -0.3 is 4.74 Å². The van der Waals surface area contributed by atoms with Gasteiger partial charge in [0.15, 0.2) is 0 Å². The van der Waals surface area contributed by atoms with E-state index in [1.54, 1.807) is 0 Å². The second-order valence-corrected chi connectivity index (χ2v) is 19.2. The first kappa shape index (κ1) is 38.7. The van der Waals surface area contributed by atoms with E-state index in [0.717, 1.165) is 56.1 Å². The van der Waals surface area contributed by atoms with Gasteiger partial charge in [-0.1, -0.05) is 133 Å². The molecule has 1 aliphatic carbocycles. The van der Waals surface area contributed by atoms with Crippen molar-refractivity contribution in [1.29, 1.82) is 0 Å². The maximum Gasteiger partial charge on any atom is 0.269 e. The molecule has 0 spiro atoms. The van der Waals surface area contributed by atoms with Gasteiger partial charge in [-0.05, 0) is 123 Å². The number of rotatable bonds is 6. The molecule has 11 rings (SSSR count). The lowest BCUT2D eigenvalue weighted by Gasteiger charge is -2.44. The summed E-state index contributed by atoms with van der Waals surface area (Å²) in [4.78, 5) is 4.95. The summed E-state index contributed by atoms with van der Waals surface area (Å²) in [6.07, 6.45) is 5.70. The molecule has 0 N–H and O–H groups in total. The van der Waals surface area contributed by atoms with Crippen LogP contribution in [0.2, 0.25) is 0 Å². The lowest BCUT2D eigenvalue weighted by Crippen LogP contribution is -2.37. The number of aromatic nitrogens is 4. The van der Waals surface area contributed by atoms with E-state index in [1.807, 2.05) is 12.3 Å². The largest absolute Gasteiger partial charge is 0.458 e. The third-order valence-electron chi connectivity index (χ3n) is 13.4. The van der Waals surface area contributed by atoms with E-state index >= 15 is 0 Å². The minimum Gasteiger partial charge on any atom is -0.458 e. The highest BCUT2D eigenvalue weighted by Crippen LogP contribution is 2.50. The van der Waals surface area contributed by atoms with E-state index in [-0.39, 0.29) is 16.2 Å². The summed E-state index contributed by atoms with van der Waals surface area (Å²) in [5.41, 5.74) is 15.0. The van der Waals surface area contributed by atoms with E-state index in [0.29, 0.717) is 0 Å². The zero-order valence-corrected chi connectivity index (χ0v) is 36.9. The summed E-state index contributed by atoms with van der Waals surface area (Å²) in [6, 6.07) is 60.8. The molecule has 10 aromatic rings. The Morgan fingerprint density at radius 1 is 0.540 bits per heavy atom. The topological polar surface area (TPSA) is 35.9 Å². The van der Waals surface area contributed by atoms with Crippen LogP contribution in [0.4, 0.5) is 0 Å². The Morgan fingerprint density at radius 3 is 1.95 bits per heavy atom. The van der Waals surface area contributed by atoms with Crippen molar-refractivity contribution in [2.75, 3.05) is 0 Å². The second-order valence-electron chi connectivity index (χ2n) is 19.2. The van der Waals surface area contributed by atoms with Gasteiger partial charge in [0.2, 0.25) is 0 Å². The lowest BCUT2D eigenvalue weighted by atomic mass is 9.60. The second kappa shape index (κ2) is 14.1. The van der Waals surface area contributed by atoms with Crippen LogP contribution in [0, 0.1) is 6.33 Å². The highest BCUT2D eigenvalue weighted by molar-refractivity contribution is 6.10. The summed E-state index contributed by atoms with van der Waals surface area (Å²) < 4.78 is 13.5. The number of para-hydroxylation sites is 1. The fourth-order valence-electron chi connectivity index (χ4n) is 9.96. The fraction of sp³-hybridized carbons (Fsp3) is 0.172. The molecule has 0 saturated heterocycles. The third kappa shape index (κ3) is 6.28. The molecule has 0 radical (unpaired) electrons. The molecular formula is C58H50N4O. The predicted molar refractivity (Wildman–Crippen MR) is 257 cm³/mol. The van der Waals surface area contributed by atoms with E-state index in [1.165, 1.54) is 44.3 Å². The number of ether oxygens (including phenoxy) is 1. The summed E-state index contributed by atoms with van der Waals surface area (Å²) in [7, 11) is 0. The molecule has 3 heterocycles. The Bertz CT molecular complexity index is 3400. The molecule has 308 valence electrons. The summed E-state index contributed by atoms with van der Waals surface area (Å²) in [6.45, 7) is 16.2. The van der Waals surface area contributed by atoms with E-state index in [9.17, 15) is 0 Å². The number of nitrogens with zero attached hydrogens (tertiary/aromatic N) is 4. The monoisotopic (exact) mass is 818 g/mol. The van der Waals surface area contributed by atoms with Crippen LogP contribution < -0.4 is 9.30 Å². The van der Waals surface area contributed by atoms with Crippen molar-refractivity contribution in [3.63, 3.8) is 0 Å². The zero-order chi connectivity index (χ0) is 43.3. The SMILES string of the molecule is CC(C)(C)c1ccnc(-n2c3ccc(-c4ccccc4)cc3c3ccc(Oc4cccc(-n5[c-][n+](-c6ccccc6)c6cc7c(cc65)C(C)(C)c5ccccc5C7(C)C)c4)cc32)c1. The number of pyridine rings is 1. The first-order valence-electron chi connectivity index (χ1n) is 22.0. The van der Waals surface area contributed by atoms with E-state index < -0.39 is 0 Å². The maximum absolute atomic E-state index is 6.83. The molecule has 7 aromatic carbocycles. The number of hydrogen-bond donors (Lipinski definition) is 0. The molecule has 5 heteroatoms. The zero-order valence-electron chi connectivity index (χ0n) is 36.9. The van der Waals surface area contributed by atoms with Crippen molar-refractivity contribution in [2.24, 2.45) is 0 Å². The quantitative estimate of drug-likeness (QED) is 0.124. The van der Waals surface area contributed by atoms with Gasteiger partial charge in [-0.2, -0.15) is 0 Å². The first-order chi connectivity index (χ1) is 30.4. The Hall–Kier alpha value is -7.24. The summed E-state index contributed by atoms with van der Waals surface area (Å²) in [5.74, 6) is 2.37. The van der Waals surface area contributed by atoms with Crippen molar-refractivity contribution >= 4 is 32.8 Å². The number of hydrogen-bond acceptors (Lipinski definition) is 2. The van der Waals surface area contributed by atoms with Crippen LogP contribution in [0.3, 0.4) is 0 Å². The minimum atomic E-state index is -0.193. The first-order valence-corrected chi connectivity index (χ1v) is 22.0. The molecule has 63 heavy (non-hydrogen) atoms. The molecular weight excluding hydrogens is 769 g/mol. The molecule has 0 aliphatic heterocycles. The van der Waals surface area contributed by atoms with Gasteiger partial charge in [-0.15, -0.1) is 0 Å². The van der Waals surface area contributed by atoms with Gasteiger partial charge in [0.25, 0.3) is 6.33 Å². The van der Waals surface area contributed by atoms with Crippen LogP contribution >= 0.6 is 0 Å². The van der Waals surface area contributed by atoms with Crippen molar-refractivity contribution in [1.82, 2.24) is 14.1 Å². The molecule has 0 saturated carbocycles. The lowest BCUT2D eigenvalue weighted by molar-refractivity contribution is -0.572. The van der Waals surface area contributed by atoms with Gasteiger partial charge in [0.05, 0.1) is 33.4 Å². The van der Waals surface area contributed by atoms with Gasteiger partial charge in [-0.3, -0.25) is 13.7 Å². The van der Waals surface area contributed by atoms with Gasteiger partial charge in [-0.25, -0.2) is 4.98 Å². The highest BCUT2D eigenvalue weighted by Gasteiger charge is 2.42. The standard InChI is InChI=1S/C58H50N4O/c1-56(2,3)40-29-30-59-55(32-40)62-51-28-25-39(38-17-10-8-11-18-38)31-46(51)45-27-26-44(34-52(45)62)63-43-22-16-21-42(33-43)61-37-60(41-19-12-9-13-20-41)53-35-49-50(36-54(53)61)58(6,7)48-24-15-14-23-47(48)57(49,4)5/h8-36H,1-7H3. The summed E-state index contributed by atoms with van der Waals surface area (Å²) in [5, 5.41) is 2.31.